The summed E-state index contributed by atoms with van der Waals surface area (Å²) in [6.45, 7) is 0.667. The molecule has 0 saturated carbocycles. The minimum Gasteiger partial charge on any atom is -0.492 e. The number of pyridine rings is 1. The van der Waals surface area contributed by atoms with E-state index in [1.165, 1.54) is 12.3 Å². The second-order valence-electron chi connectivity index (χ2n) is 6.83. The van der Waals surface area contributed by atoms with Crippen LogP contribution in [0.3, 0.4) is 0 Å². The minimum atomic E-state index is -0.940. The van der Waals surface area contributed by atoms with E-state index in [4.69, 9.17) is 19.8 Å². The van der Waals surface area contributed by atoms with Crippen molar-refractivity contribution in [1.82, 2.24) is 4.98 Å². The molecule has 2 heterocycles. The monoisotopic (exact) mass is 404 g/mol. The molecule has 1 aromatic heterocycles. The third-order valence-corrected chi connectivity index (χ3v) is 4.84. The number of nitrogens with zero attached hydrogens (tertiary/aromatic N) is 2. The molecule has 1 aliphatic heterocycles. The Morgan fingerprint density at radius 2 is 2.10 bits per heavy atom. The van der Waals surface area contributed by atoms with Gasteiger partial charge in [-0.2, -0.15) is 5.26 Å². The number of carboxylic acid groups (broad SMARTS) is 1. The molecule has 7 heteroatoms. The molecule has 3 aromatic rings. The molecule has 0 saturated heterocycles. The van der Waals surface area contributed by atoms with Gasteiger partial charge < -0.3 is 14.6 Å². The van der Waals surface area contributed by atoms with Gasteiger partial charge in [0.05, 0.1) is 13.0 Å². The molecule has 150 valence electrons. The van der Waals surface area contributed by atoms with Crippen LogP contribution in [0, 0.1) is 17.1 Å². The summed E-state index contributed by atoms with van der Waals surface area (Å²) in [5.41, 5.74) is 2.80. The van der Waals surface area contributed by atoms with Gasteiger partial charge in [0.2, 0.25) is 0 Å². The highest BCUT2D eigenvalue weighted by molar-refractivity contribution is 5.75. The third-order valence-electron chi connectivity index (χ3n) is 4.84. The summed E-state index contributed by atoms with van der Waals surface area (Å²) in [4.78, 5) is 14.8. The molecular weight excluding hydrogens is 387 g/mol. The Morgan fingerprint density at radius 1 is 1.27 bits per heavy atom. The van der Waals surface area contributed by atoms with Gasteiger partial charge in [0.15, 0.2) is 11.5 Å². The highest BCUT2D eigenvalue weighted by atomic mass is 19.1. The van der Waals surface area contributed by atoms with Crippen LogP contribution in [-0.2, 0) is 24.2 Å². The summed E-state index contributed by atoms with van der Waals surface area (Å²) in [5, 5.41) is 18.2. The van der Waals surface area contributed by atoms with E-state index >= 15 is 0 Å². The lowest BCUT2D eigenvalue weighted by molar-refractivity contribution is -0.136. The summed E-state index contributed by atoms with van der Waals surface area (Å²) in [5.74, 6) is -0.550. The lowest BCUT2D eigenvalue weighted by Crippen LogP contribution is -2.04. The highest BCUT2D eigenvalue weighted by Gasteiger charge is 2.22. The fourth-order valence-corrected chi connectivity index (χ4v) is 3.50. The summed E-state index contributed by atoms with van der Waals surface area (Å²) in [6, 6.07) is 13.9. The summed E-state index contributed by atoms with van der Waals surface area (Å²) in [7, 11) is 0. The van der Waals surface area contributed by atoms with Gasteiger partial charge in [-0.25, -0.2) is 9.37 Å². The van der Waals surface area contributed by atoms with Gasteiger partial charge in [-0.3, -0.25) is 4.79 Å². The largest absolute Gasteiger partial charge is 0.492 e. The zero-order chi connectivity index (χ0) is 21.1. The van der Waals surface area contributed by atoms with Crippen molar-refractivity contribution in [3.8, 4) is 28.7 Å². The number of aromatic nitrogens is 1. The Bertz CT molecular complexity index is 1170. The van der Waals surface area contributed by atoms with Gasteiger partial charge in [-0.15, -0.1) is 0 Å². The highest BCUT2D eigenvalue weighted by Crippen LogP contribution is 2.39. The summed E-state index contributed by atoms with van der Waals surface area (Å²) < 4.78 is 26.4. The van der Waals surface area contributed by atoms with Crippen molar-refractivity contribution in [2.45, 2.75) is 19.4 Å². The Morgan fingerprint density at radius 3 is 2.90 bits per heavy atom. The molecule has 0 fully saturated rings. The normalized spacial score (nSPS) is 12.0. The zero-order valence-corrected chi connectivity index (χ0v) is 15.9. The first kappa shape index (κ1) is 19.4. The average Bonchev–Trinajstić information content (AvgIpc) is 3.21. The topological polar surface area (TPSA) is 92.4 Å². The second kappa shape index (κ2) is 8.21. The fourth-order valence-electron chi connectivity index (χ4n) is 3.50. The summed E-state index contributed by atoms with van der Waals surface area (Å²) >= 11 is 0. The molecule has 0 radical (unpaired) electrons. The molecular formula is C23H17FN2O4. The SMILES string of the molecule is N#Cc1nccc(-c2cc(COc3ccccc3CC(=O)O)cc3c2OCC3)c1F. The van der Waals surface area contributed by atoms with Gasteiger partial charge in [-0.1, -0.05) is 18.2 Å². The van der Waals surface area contributed by atoms with Gasteiger partial charge >= 0.3 is 5.97 Å². The Labute approximate surface area is 172 Å². The Kier molecular flexibility index (Phi) is 5.31. The van der Waals surface area contributed by atoms with E-state index in [-0.39, 0.29) is 24.3 Å². The number of aliphatic carboxylic acids is 1. The van der Waals surface area contributed by atoms with Gasteiger partial charge in [-0.05, 0) is 35.4 Å². The molecule has 0 amide bonds. The van der Waals surface area contributed by atoms with Crippen LogP contribution in [-0.4, -0.2) is 22.7 Å². The molecule has 0 atom stereocenters. The van der Waals surface area contributed by atoms with Crippen molar-refractivity contribution in [3.05, 3.63) is 76.9 Å². The van der Waals surface area contributed by atoms with E-state index in [1.807, 2.05) is 6.07 Å². The van der Waals surface area contributed by atoms with Crippen LogP contribution in [0.4, 0.5) is 4.39 Å². The maximum absolute atomic E-state index is 14.8. The molecule has 0 spiro atoms. The van der Waals surface area contributed by atoms with Crippen molar-refractivity contribution in [2.24, 2.45) is 0 Å². The Balaban J connectivity index is 1.68. The van der Waals surface area contributed by atoms with Crippen LogP contribution < -0.4 is 9.47 Å². The standard InChI is InChI=1S/C23H17FN2O4/c24-22-17(5-7-26-19(22)12-25)18-10-14(9-16-6-8-29-23(16)18)13-30-20-4-2-1-3-15(20)11-21(27)28/h1-5,7,9-10H,6,8,11,13H2,(H,27,28). The first-order valence-corrected chi connectivity index (χ1v) is 9.33. The van der Waals surface area contributed by atoms with Crippen LogP contribution in [0.2, 0.25) is 0 Å². The molecule has 1 aliphatic rings. The number of rotatable bonds is 6. The van der Waals surface area contributed by atoms with Crippen LogP contribution in [0.5, 0.6) is 11.5 Å². The van der Waals surface area contributed by atoms with E-state index in [9.17, 15) is 9.18 Å². The van der Waals surface area contributed by atoms with E-state index in [2.05, 4.69) is 4.98 Å². The smallest absolute Gasteiger partial charge is 0.307 e. The van der Waals surface area contributed by atoms with E-state index in [1.54, 1.807) is 36.4 Å². The number of nitriles is 1. The van der Waals surface area contributed by atoms with E-state index < -0.39 is 11.8 Å². The number of benzene rings is 2. The van der Waals surface area contributed by atoms with Crippen LogP contribution >= 0.6 is 0 Å². The van der Waals surface area contributed by atoms with E-state index in [0.717, 1.165) is 11.1 Å². The molecule has 0 bridgehead atoms. The number of carboxylic acids is 1. The molecule has 6 nitrogen and oxygen atoms in total. The quantitative estimate of drug-likeness (QED) is 0.670. The van der Waals surface area contributed by atoms with Crippen molar-refractivity contribution in [3.63, 3.8) is 0 Å². The van der Waals surface area contributed by atoms with Gasteiger partial charge in [0, 0.05) is 29.3 Å². The molecule has 30 heavy (non-hydrogen) atoms. The first-order chi connectivity index (χ1) is 14.6. The fraction of sp³-hybridized carbons (Fsp3) is 0.174. The van der Waals surface area contributed by atoms with E-state index in [0.29, 0.717) is 35.7 Å². The molecule has 1 N–H and O–H groups in total. The van der Waals surface area contributed by atoms with Gasteiger partial charge in [0.25, 0.3) is 0 Å². The maximum atomic E-state index is 14.8. The first-order valence-electron chi connectivity index (χ1n) is 9.33. The van der Waals surface area contributed by atoms with Crippen molar-refractivity contribution in [2.75, 3.05) is 6.61 Å². The average molecular weight is 404 g/mol. The van der Waals surface area contributed by atoms with Crippen LogP contribution in [0.25, 0.3) is 11.1 Å². The third kappa shape index (κ3) is 3.80. The van der Waals surface area contributed by atoms with Crippen LogP contribution in [0.15, 0.2) is 48.7 Å². The van der Waals surface area contributed by atoms with Crippen molar-refractivity contribution in [1.29, 1.82) is 5.26 Å². The van der Waals surface area contributed by atoms with Gasteiger partial charge in [0.1, 0.15) is 24.2 Å². The second-order valence-corrected chi connectivity index (χ2v) is 6.83. The number of hydrogen-bond donors (Lipinski definition) is 1. The predicted octanol–water partition coefficient (Wildman–Crippen LogP) is 3.90. The number of ether oxygens (including phenoxy) is 2. The molecule has 0 unspecified atom stereocenters. The molecule has 2 aromatic carbocycles. The number of fused-ring (bicyclic) bond motifs is 1. The Hall–Kier alpha value is -3.92. The summed E-state index contributed by atoms with van der Waals surface area (Å²) in [6.07, 6.45) is 1.94. The number of para-hydroxylation sites is 1. The van der Waals surface area contributed by atoms with Crippen molar-refractivity contribution >= 4 is 5.97 Å². The van der Waals surface area contributed by atoms with Crippen molar-refractivity contribution < 1.29 is 23.8 Å². The number of halogens is 1. The molecule has 0 aliphatic carbocycles. The lowest BCUT2D eigenvalue weighted by atomic mass is 9.98. The number of carbonyl (C=O) groups is 1. The maximum Gasteiger partial charge on any atom is 0.307 e. The van der Waals surface area contributed by atoms with Crippen LogP contribution in [0.1, 0.15) is 22.4 Å². The lowest BCUT2D eigenvalue weighted by Gasteiger charge is -2.14. The zero-order valence-electron chi connectivity index (χ0n) is 15.9. The number of hydrogen-bond acceptors (Lipinski definition) is 5. The molecule has 4 rings (SSSR count). The minimum absolute atomic E-state index is 0.140. The predicted molar refractivity (Wildman–Crippen MR) is 106 cm³/mol.